The molecule has 0 aromatic heterocycles. The minimum absolute atomic E-state index is 0.340. The van der Waals surface area contributed by atoms with Crippen LogP contribution in [0.15, 0.2) is 23.3 Å². The molecule has 0 heterocycles. The first kappa shape index (κ1) is 8.58. The van der Waals surface area contributed by atoms with E-state index in [4.69, 9.17) is 0 Å². The third-order valence-corrected chi connectivity index (χ3v) is 2.47. The summed E-state index contributed by atoms with van der Waals surface area (Å²) >= 11 is 0. The minimum atomic E-state index is 0.340. The molecule has 0 heteroatoms. The zero-order valence-electron chi connectivity index (χ0n) is 8.07. The minimum Gasteiger partial charge on any atom is -0.0756 e. The second-order valence-electron chi connectivity index (χ2n) is 4.02. The predicted octanol–water partition coefficient (Wildman–Crippen LogP) is 3.70. The van der Waals surface area contributed by atoms with Crippen molar-refractivity contribution in [3.05, 3.63) is 23.3 Å². The number of hydrogen-bond acceptors (Lipinski definition) is 0. The molecular weight excluding hydrogens is 132 g/mol. The van der Waals surface area contributed by atoms with E-state index in [1.54, 1.807) is 0 Å². The highest BCUT2D eigenvalue weighted by atomic mass is 14.2. The molecule has 0 radical (unpaired) electrons. The standard InChI is InChI=1S/C11H18/c1-5-11(4)7-9(2)6-10(3)8-11/h7-8H,5-6H2,1-4H3. The van der Waals surface area contributed by atoms with Gasteiger partial charge < -0.3 is 0 Å². The fourth-order valence-electron chi connectivity index (χ4n) is 1.91. The second kappa shape index (κ2) is 2.84. The van der Waals surface area contributed by atoms with Crippen molar-refractivity contribution in [1.82, 2.24) is 0 Å². The fraction of sp³-hybridized carbons (Fsp3) is 0.636. The number of rotatable bonds is 1. The van der Waals surface area contributed by atoms with Crippen LogP contribution in [0.2, 0.25) is 0 Å². The van der Waals surface area contributed by atoms with Crippen LogP contribution in [0.3, 0.4) is 0 Å². The summed E-state index contributed by atoms with van der Waals surface area (Å²) in [6, 6.07) is 0. The van der Waals surface area contributed by atoms with Gasteiger partial charge in [-0.3, -0.25) is 0 Å². The van der Waals surface area contributed by atoms with Crippen LogP contribution in [0.25, 0.3) is 0 Å². The van der Waals surface area contributed by atoms with E-state index in [1.165, 1.54) is 24.0 Å². The molecule has 0 atom stereocenters. The molecule has 1 aliphatic carbocycles. The van der Waals surface area contributed by atoms with Crippen LogP contribution in [0.5, 0.6) is 0 Å². The van der Waals surface area contributed by atoms with Crippen LogP contribution in [-0.4, -0.2) is 0 Å². The summed E-state index contributed by atoms with van der Waals surface area (Å²) in [6.07, 6.45) is 7.19. The largest absolute Gasteiger partial charge is 0.0756 e. The Labute approximate surface area is 70.0 Å². The predicted molar refractivity (Wildman–Crippen MR) is 50.5 cm³/mol. The van der Waals surface area contributed by atoms with Crippen LogP contribution >= 0.6 is 0 Å². The molecule has 1 aliphatic rings. The summed E-state index contributed by atoms with van der Waals surface area (Å²) in [5, 5.41) is 0. The van der Waals surface area contributed by atoms with E-state index >= 15 is 0 Å². The molecule has 0 aromatic rings. The Balaban J connectivity index is 2.89. The molecule has 0 N–H and O–H groups in total. The molecule has 0 bridgehead atoms. The highest BCUT2D eigenvalue weighted by Gasteiger charge is 2.19. The van der Waals surface area contributed by atoms with Crippen LogP contribution < -0.4 is 0 Å². The highest BCUT2D eigenvalue weighted by molar-refractivity contribution is 5.26. The van der Waals surface area contributed by atoms with Crippen molar-refractivity contribution in [3.63, 3.8) is 0 Å². The highest BCUT2D eigenvalue weighted by Crippen LogP contribution is 2.33. The van der Waals surface area contributed by atoms with Gasteiger partial charge in [-0.25, -0.2) is 0 Å². The Kier molecular flexibility index (Phi) is 2.22. The maximum Gasteiger partial charge on any atom is 0.00354 e. The molecule has 0 aliphatic heterocycles. The van der Waals surface area contributed by atoms with Crippen molar-refractivity contribution in [3.8, 4) is 0 Å². The zero-order chi connectivity index (χ0) is 8.48. The lowest BCUT2D eigenvalue weighted by atomic mass is 9.79. The van der Waals surface area contributed by atoms with E-state index in [1.807, 2.05) is 0 Å². The molecular formula is C11H18. The number of allylic oxidation sites excluding steroid dienone is 4. The summed E-state index contributed by atoms with van der Waals surface area (Å²) in [4.78, 5) is 0. The van der Waals surface area contributed by atoms with Gasteiger partial charge in [0.15, 0.2) is 0 Å². The van der Waals surface area contributed by atoms with Gasteiger partial charge in [0.1, 0.15) is 0 Å². The molecule has 0 unspecified atom stereocenters. The van der Waals surface area contributed by atoms with Gasteiger partial charge in [0, 0.05) is 5.41 Å². The van der Waals surface area contributed by atoms with Crippen LogP contribution in [0.4, 0.5) is 0 Å². The quantitative estimate of drug-likeness (QED) is 0.500. The Hall–Kier alpha value is -0.520. The SMILES string of the molecule is CCC1(C)C=C(C)CC(C)=C1. The lowest BCUT2D eigenvalue weighted by Gasteiger charge is -2.26. The van der Waals surface area contributed by atoms with E-state index in [9.17, 15) is 0 Å². The van der Waals surface area contributed by atoms with Crippen molar-refractivity contribution in [2.75, 3.05) is 0 Å². The average Bonchev–Trinajstić information content (AvgIpc) is 1.84. The van der Waals surface area contributed by atoms with Gasteiger partial charge in [-0.15, -0.1) is 0 Å². The van der Waals surface area contributed by atoms with Crippen LogP contribution in [0.1, 0.15) is 40.5 Å². The summed E-state index contributed by atoms with van der Waals surface area (Å²) < 4.78 is 0. The van der Waals surface area contributed by atoms with E-state index < -0.39 is 0 Å². The van der Waals surface area contributed by atoms with E-state index in [0.29, 0.717) is 5.41 Å². The van der Waals surface area contributed by atoms with Crippen molar-refractivity contribution in [2.45, 2.75) is 40.5 Å². The van der Waals surface area contributed by atoms with E-state index in [-0.39, 0.29) is 0 Å². The molecule has 0 nitrogen and oxygen atoms in total. The van der Waals surface area contributed by atoms with Crippen LogP contribution in [0, 0.1) is 5.41 Å². The molecule has 0 amide bonds. The Morgan fingerprint density at radius 3 is 2.09 bits per heavy atom. The average molecular weight is 150 g/mol. The van der Waals surface area contributed by atoms with Gasteiger partial charge in [-0.05, 0) is 26.7 Å². The molecule has 1 rings (SSSR count). The fourth-order valence-corrected chi connectivity index (χ4v) is 1.91. The molecule has 0 fully saturated rings. The Morgan fingerprint density at radius 1 is 1.27 bits per heavy atom. The first-order valence-electron chi connectivity index (χ1n) is 4.42. The van der Waals surface area contributed by atoms with Crippen molar-refractivity contribution < 1.29 is 0 Å². The van der Waals surface area contributed by atoms with Crippen molar-refractivity contribution in [2.24, 2.45) is 5.41 Å². The summed E-state index contributed by atoms with van der Waals surface area (Å²) in [6.45, 7) is 9.01. The van der Waals surface area contributed by atoms with Gasteiger partial charge in [0.25, 0.3) is 0 Å². The van der Waals surface area contributed by atoms with Gasteiger partial charge >= 0.3 is 0 Å². The van der Waals surface area contributed by atoms with E-state index in [0.717, 1.165) is 0 Å². The topological polar surface area (TPSA) is 0 Å². The first-order valence-corrected chi connectivity index (χ1v) is 4.42. The monoisotopic (exact) mass is 150 g/mol. The maximum atomic E-state index is 2.40. The summed E-state index contributed by atoms with van der Waals surface area (Å²) in [5.74, 6) is 0. The molecule has 11 heavy (non-hydrogen) atoms. The van der Waals surface area contributed by atoms with Gasteiger partial charge in [0.2, 0.25) is 0 Å². The molecule has 62 valence electrons. The van der Waals surface area contributed by atoms with Gasteiger partial charge in [-0.2, -0.15) is 0 Å². The van der Waals surface area contributed by atoms with Gasteiger partial charge in [0.05, 0.1) is 0 Å². The van der Waals surface area contributed by atoms with Gasteiger partial charge in [-0.1, -0.05) is 37.1 Å². The zero-order valence-corrected chi connectivity index (χ0v) is 8.07. The third kappa shape index (κ3) is 1.95. The molecule has 0 aromatic carbocycles. The third-order valence-electron chi connectivity index (χ3n) is 2.47. The summed E-state index contributed by atoms with van der Waals surface area (Å²) in [5.41, 5.74) is 3.38. The molecule has 0 spiro atoms. The molecule has 0 saturated heterocycles. The Morgan fingerprint density at radius 2 is 1.73 bits per heavy atom. The normalized spacial score (nSPS) is 22.5. The maximum absolute atomic E-state index is 2.40. The summed E-state index contributed by atoms with van der Waals surface area (Å²) in [7, 11) is 0. The number of hydrogen-bond donors (Lipinski definition) is 0. The van der Waals surface area contributed by atoms with Crippen LogP contribution in [-0.2, 0) is 0 Å². The lowest BCUT2D eigenvalue weighted by molar-refractivity contribution is 0.512. The van der Waals surface area contributed by atoms with E-state index in [2.05, 4.69) is 39.8 Å². The second-order valence-corrected chi connectivity index (χ2v) is 4.02. The van der Waals surface area contributed by atoms with Crippen molar-refractivity contribution in [1.29, 1.82) is 0 Å². The molecule has 0 saturated carbocycles. The Bertz CT molecular complexity index is 188. The lowest BCUT2D eigenvalue weighted by Crippen LogP contribution is -2.12. The smallest absolute Gasteiger partial charge is 0.00354 e. The first-order chi connectivity index (χ1) is 5.06. The van der Waals surface area contributed by atoms with Crippen molar-refractivity contribution >= 4 is 0 Å².